The third kappa shape index (κ3) is 4.01. The number of ether oxygens (including phenoxy) is 1. The Morgan fingerprint density at radius 1 is 1.19 bits per heavy atom. The molecule has 0 spiro atoms. The molecule has 166 valence electrons. The lowest BCUT2D eigenvalue weighted by molar-refractivity contribution is 0.100. The van der Waals surface area contributed by atoms with Crippen LogP contribution >= 0.6 is 11.3 Å². The van der Waals surface area contributed by atoms with Gasteiger partial charge in [-0.3, -0.25) is 0 Å². The van der Waals surface area contributed by atoms with Gasteiger partial charge in [-0.25, -0.2) is 13.1 Å². The summed E-state index contributed by atoms with van der Waals surface area (Å²) in [7, 11) is -3.63. The van der Waals surface area contributed by atoms with Crippen molar-refractivity contribution in [2.24, 2.45) is 0 Å². The summed E-state index contributed by atoms with van der Waals surface area (Å²) >= 11 is 1.50. The molecular weight excluding hydrogens is 454 g/mol. The van der Waals surface area contributed by atoms with Crippen molar-refractivity contribution in [1.29, 1.82) is 0 Å². The van der Waals surface area contributed by atoms with Crippen molar-refractivity contribution in [3.05, 3.63) is 47.6 Å². The molecule has 3 aromatic heterocycles. The second kappa shape index (κ2) is 8.41. The van der Waals surface area contributed by atoms with Crippen LogP contribution in [0.4, 0.5) is 0 Å². The number of hydrogen-bond donors (Lipinski definition) is 0. The minimum atomic E-state index is -3.63. The van der Waals surface area contributed by atoms with Gasteiger partial charge in [0.25, 0.3) is 5.89 Å². The minimum Gasteiger partial charge on any atom is -0.446 e. The molecule has 5 rings (SSSR count). The van der Waals surface area contributed by atoms with E-state index >= 15 is 0 Å². The van der Waals surface area contributed by atoms with Gasteiger partial charge in [-0.2, -0.15) is 4.31 Å². The number of hydrogen-bond acceptors (Lipinski definition) is 10. The highest BCUT2D eigenvalue weighted by atomic mass is 32.2. The van der Waals surface area contributed by atoms with E-state index in [1.54, 1.807) is 18.2 Å². The molecule has 0 N–H and O–H groups in total. The number of rotatable bonds is 6. The first-order chi connectivity index (χ1) is 15.5. The Hall–Kier alpha value is -3.16. The molecular formula is C19H19N7O4S2. The summed E-state index contributed by atoms with van der Waals surface area (Å²) in [4.78, 5) is 1.11. The van der Waals surface area contributed by atoms with Crippen LogP contribution in [0.15, 0.2) is 51.4 Å². The number of benzene rings is 1. The third-order valence-electron chi connectivity index (χ3n) is 5.21. The summed E-state index contributed by atoms with van der Waals surface area (Å²) in [5.41, 5.74) is 1.48. The van der Waals surface area contributed by atoms with Gasteiger partial charge >= 0.3 is 6.08 Å². The Labute approximate surface area is 187 Å². The Balaban J connectivity index is 1.23. The Bertz CT molecular complexity index is 1300. The fraction of sp³-hybridized carbons (Fsp3) is 0.316. The number of aromatic nitrogens is 6. The molecule has 0 amide bonds. The van der Waals surface area contributed by atoms with Crippen molar-refractivity contribution in [3.63, 3.8) is 0 Å². The molecule has 0 saturated carbocycles. The van der Waals surface area contributed by atoms with Gasteiger partial charge in [-0.1, -0.05) is 11.2 Å². The standard InChI is InChI=1S/C19H19N7O4S2/c1-13-11-15(4-5-16(13)26-12-20-23-24-26)32(27,28)25-8-6-14(7-9-25)29-19-22-21-18(30-19)17-3-2-10-31-17/h2-5,10-12,14H,6-9H2,1H3. The Morgan fingerprint density at radius 3 is 2.72 bits per heavy atom. The van der Waals surface area contributed by atoms with Crippen LogP contribution in [0.25, 0.3) is 16.5 Å². The molecule has 1 aromatic carbocycles. The van der Waals surface area contributed by atoms with Crippen molar-refractivity contribution < 1.29 is 17.6 Å². The van der Waals surface area contributed by atoms with Crippen LogP contribution in [0, 0.1) is 6.92 Å². The topological polar surface area (TPSA) is 129 Å². The SMILES string of the molecule is Cc1cc(S(=O)(=O)N2CCC(Oc3nnc(-c4cccs4)o3)CC2)ccc1-n1cnnn1. The number of tetrazole rings is 1. The van der Waals surface area contributed by atoms with Crippen molar-refractivity contribution in [2.75, 3.05) is 13.1 Å². The van der Waals surface area contributed by atoms with Gasteiger partial charge in [0.05, 0.1) is 15.5 Å². The van der Waals surface area contributed by atoms with Gasteiger partial charge in [0.1, 0.15) is 12.4 Å². The first-order valence-corrected chi connectivity index (χ1v) is 12.2. The molecule has 0 aliphatic carbocycles. The lowest BCUT2D eigenvalue weighted by Crippen LogP contribution is -2.41. The summed E-state index contributed by atoms with van der Waals surface area (Å²) in [6, 6.07) is 8.71. The molecule has 0 atom stereocenters. The van der Waals surface area contributed by atoms with E-state index in [2.05, 4.69) is 25.7 Å². The van der Waals surface area contributed by atoms with Crippen LogP contribution in [-0.4, -0.2) is 62.3 Å². The Morgan fingerprint density at radius 2 is 2.03 bits per heavy atom. The largest absolute Gasteiger partial charge is 0.446 e. The number of thiophene rings is 1. The molecule has 4 heterocycles. The van der Waals surface area contributed by atoms with E-state index in [9.17, 15) is 8.42 Å². The smallest absolute Gasteiger partial charge is 0.415 e. The van der Waals surface area contributed by atoms with E-state index in [0.29, 0.717) is 31.8 Å². The van der Waals surface area contributed by atoms with E-state index in [4.69, 9.17) is 9.15 Å². The molecule has 32 heavy (non-hydrogen) atoms. The maximum Gasteiger partial charge on any atom is 0.415 e. The lowest BCUT2D eigenvalue weighted by atomic mass is 10.1. The summed E-state index contributed by atoms with van der Waals surface area (Å²) in [5.74, 6) is 0.413. The average molecular weight is 474 g/mol. The summed E-state index contributed by atoms with van der Waals surface area (Å²) in [6.45, 7) is 2.50. The fourth-order valence-corrected chi connectivity index (χ4v) is 5.76. The predicted molar refractivity (Wildman–Crippen MR) is 114 cm³/mol. The van der Waals surface area contributed by atoms with Crippen LogP contribution in [0.2, 0.25) is 0 Å². The molecule has 1 saturated heterocycles. The van der Waals surface area contributed by atoms with Crippen LogP contribution in [0.5, 0.6) is 6.08 Å². The molecule has 4 aromatic rings. The molecule has 1 aliphatic heterocycles. The highest BCUT2D eigenvalue weighted by molar-refractivity contribution is 7.89. The fourth-order valence-electron chi connectivity index (χ4n) is 3.56. The predicted octanol–water partition coefficient (Wildman–Crippen LogP) is 2.31. The highest BCUT2D eigenvalue weighted by Gasteiger charge is 2.31. The van der Waals surface area contributed by atoms with E-state index in [1.807, 2.05) is 24.4 Å². The Kier molecular flexibility index (Phi) is 5.45. The number of piperidine rings is 1. The first kappa shape index (κ1) is 20.7. The second-order valence-corrected chi connectivity index (χ2v) is 10.2. The van der Waals surface area contributed by atoms with Crippen LogP contribution in [0.1, 0.15) is 18.4 Å². The maximum absolute atomic E-state index is 13.1. The van der Waals surface area contributed by atoms with Gasteiger partial charge in [-0.15, -0.1) is 21.5 Å². The molecule has 0 radical (unpaired) electrons. The van der Waals surface area contributed by atoms with E-state index in [0.717, 1.165) is 16.1 Å². The zero-order chi connectivity index (χ0) is 22.1. The first-order valence-electron chi connectivity index (χ1n) is 9.89. The van der Waals surface area contributed by atoms with Crippen LogP contribution in [-0.2, 0) is 10.0 Å². The second-order valence-electron chi connectivity index (χ2n) is 7.27. The van der Waals surface area contributed by atoms with Crippen LogP contribution < -0.4 is 4.74 Å². The molecule has 1 aliphatic rings. The molecule has 0 unspecified atom stereocenters. The number of aryl methyl sites for hydroxylation is 1. The van der Waals surface area contributed by atoms with Crippen molar-refractivity contribution in [2.45, 2.75) is 30.8 Å². The summed E-state index contributed by atoms with van der Waals surface area (Å²) in [6.07, 6.45) is 2.43. The van der Waals surface area contributed by atoms with Crippen molar-refractivity contribution in [1.82, 2.24) is 34.7 Å². The average Bonchev–Trinajstić information content (AvgIpc) is 3.56. The lowest BCUT2D eigenvalue weighted by Gasteiger charge is -2.30. The van der Waals surface area contributed by atoms with Gasteiger partial charge in [0.15, 0.2) is 0 Å². The molecule has 0 bridgehead atoms. The molecule has 13 heteroatoms. The van der Waals surface area contributed by atoms with Gasteiger partial charge in [0.2, 0.25) is 10.0 Å². The zero-order valence-corrected chi connectivity index (χ0v) is 18.7. The van der Waals surface area contributed by atoms with Crippen LogP contribution in [0.3, 0.4) is 0 Å². The van der Waals surface area contributed by atoms with E-state index in [1.165, 1.54) is 26.7 Å². The van der Waals surface area contributed by atoms with E-state index in [-0.39, 0.29) is 17.1 Å². The van der Waals surface area contributed by atoms with Gasteiger partial charge < -0.3 is 9.15 Å². The van der Waals surface area contributed by atoms with E-state index < -0.39 is 10.0 Å². The maximum atomic E-state index is 13.1. The zero-order valence-electron chi connectivity index (χ0n) is 17.0. The minimum absolute atomic E-state index is 0.100. The van der Waals surface area contributed by atoms with Gasteiger partial charge in [0, 0.05) is 13.1 Å². The highest BCUT2D eigenvalue weighted by Crippen LogP contribution is 2.28. The summed E-state index contributed by atoms with van der Waals surface area (Å²) < 4.78 is 40.6. The quantitative estimate of drug-likeness (QED) is 0.414. The number of nitrogens with zero attached hydrogens (tertiary/aromatic N) is 7. The van der Waals surface area contributed by atoms with Crippen molar-refractivity contribution in [3.8, 4) is 22.5 Å². The van der Waals surface area contributed by atoms with Gasteiger partial charge in [-0.05, 0) is 65.4 Å². The summed E-state index contributed by atoms with van der Waals surface area (Å²) in [5, 5.41) is 21.0. The van der Waals surface area contributed by atoms with Crippen molar-refractivity contribution >= 4 is 21.4 Å². The molecule has 11 nitrogen and oxygen atoms in total. The third-order valence-corrected chi connectivity index (χ3v) is 7.96. The molecule has 1 fully saturated rings. The normalized spacial score (nSPS) is 15.8. The monoisotopic (exact) mass is 473 g/mol. The number of sulfonamides is 1.